The molecule has 8 nitrogen and oxygen atoms in total. The van der Waals surface area contributed by atoms with Crippen molar-refractivity contribution in [3.05, 3.63) is 97.2 Å². The summed E-state index contributed by atoms with van der Waals surface area (Å²) in [6.45, 7) is 4.66. The molecule has 0 aliphatic heterocycles. The molecule has 3 atom stereocenters. The molecular formula is C58H104N2O6P+. The maximum atomic E-state index is 12.9. The van der Waals surface area contributed by atoms with Gasteiger partial charge in [0.2, 0.25) is 5.91 Å². The molecular weight excluding hydrogens is 852 g/mol. The van der Waals surface area contributed by atoms with Gasteiger partial charge in [0, 0.05) is 6.42 Å². The number of amides is 1. The number of likely N-dealkylation sites (N-methyl/N-ethyl adjacent to an activating group) is 1. The van der Waals surface area contributed by atoms with Gasteiger partial charge in [-0.3, -0.25) is 13.8 Å². The zero-order chi connectivity index (χ0) is 49.2. The van der Waals surface area contributed by atoms with E-state index in [9.17, 15) is 19.4 Å². The van der Waals surface area contributed by atoms with E-state index >= 15 is 0 Å². The third-order valence-corrected chi connectivity index (χ3v) is 12.5. The van der Waals surface area contributed by atoms with Gasteiger partial charge in [0.25, 0.3) is 0 Å². The van der Waals surface area contributed by atoms with Gasteiger partial charge in [0.1, 0.15) is 13.2 Å². The van der Waals surface area contributed by atoms with Crippen LogP contribution in [0.25, 0.3) is 0 Å². The molecule has 9 heteroatoms. The number of carbonyl (C=O) groups excluding carboxylic acids is 1. The summed E-state index contributed by atoms with van der Waals surface area (Å²) in [4.78, 5) is 23.2. The molecule has 1 amide bonds. The number of nitrogens with zero attached hydrogens (tertiary/aromatic N) is 1. The largest absolute Gasteiger partial charge is 0.472 e. The molecule has 0 aliphatic rings. The number of aliphatic hydroxyl groups excluding tert-OH is 1. The highest BCUT2D eigenvalue weighted by Gasteiger charge is 2.27. The van der Waals surface area contributed by atoms with Crippen molar-refractivity contribution in [3.8, 4) is 0 Å². The Labute approximate surface area is 413 Å². The average molecular weight is 956 g/mol. The summed E-state index contributed by atoms with van der Waals surface area (Å²) in [5.41, 5.74) is 0. The number of phosphoric acid groups is 1. The first-order chi connectivity index (χ1) is 32.5. The number of hydrogen-bond donors (Lipinski definition) is 3. The lowest BCUT2D eigenvalue weighted by Crippen LogP contribution is -2.45. The van der Waals surface area contributed by atoms with Gasteiger partial charge >= 0.3 is 7.82 Å². The zero-order valence-electron chi connectivity index (χ0n) is 43.9. The normalized spacial score (nSPS) is 14.8. The molecule has 0 heterocycles. The molecule has 0 saturated carbocycles. The quantitative estimate of drug-likeness (QED) is 0.0243. The van der Waals surface area contributed by atoms with Crippen molar-refractivity contribution in [1.82, 2.24) is 5.32 Å². The summed E-state index contributed by atoms with van der Waals surface area (Å²) in [7, 11) is 1.56. The Kier molecular flexibility index (Phi) is 46.6. The Morgan fingerprint density at radius 2 is 0.896 bits per heavy atom. The number of nitrogens with one attached hydrogen (secondary N) is 1. The first-order valence-electron chi connectivity index (χ1n) is 27.1. The minimum Gasteiger partial charge on any atom is -0.387 e. The summed E-state index contributed by atoms with van der Waals surface area (Å²) >= 11 is 0. The maximum absolute atomic E-state index is 12.9. The van der Waals surface area contributed by atoms with Crippen LogP contribution in [0, 0.1) is 0 Å². The second kappa shape index (κ2) is 48.4. The van der Waals surface area contributed by atoms with Crippen LogP contribution in [-0.2, 0) is 18.4 Å². The predicted octanol–water partition coefficient (Wildman–Crippen LogP) is 16.3. The molecule has 0 bridgehead atoms. The highest BCUT2D eigenvalue weighted by Crippen LogP contribution is 2.43. The van der Waals surface area contributed by atoms with Gasteiger partial charge in [-0.15, -0.1) is 0 Å². The van der Waals surface area contributed by atoms with Crippen molar-refractivity contribution < 1.29 is 32.9 Å². The standard InChI is InChI=1S/C58H103N2O6P/c1-6-8-10-12-14-16-18-19-20-21-22-23-24-25-26-27-28-29-30-31-32-33-34-35-36-37-38-39-40-41-42-44-46-48-50-52-58(62)59-56(55-66-67(63,64)65-54-53-60(3,4)5)57(61)51-49-47-45-43-17-15-13-11-9-7-2/h8,10,14,16,19-20,22-23,25-26,28-29,31-32,49,51,56-57,61H,6-7,9,11-13,15,17-18,21,24,27,30,33-48,50,52-55H2,1-5H3,(H-,59,62,63,64)/p+1/b10-8-,16-14-,20-19-,23-22-,26-25-,29-28-,32-31-,51-49+. The molecule has 67 heavy (non-hydrogen) atoms. The summed E-state index contributed by atoms with van der Waals surface area (Å²) in [5.74, 6) is -0.184. The summed E-state index contributed by atoms with van der Waals surface area (Å²) in [6, 6.07) is -0.850. The van der Waals surface area contributed by atoms with Gasteiger partial charge in [0.05, 0.1) is 39.9 Å². The first kappa shape index (κ1) is 64.4. The molecule has 0 aromatic heterocycles. The third kappa shape index (κ3) is 51.1. The summed E-state index contributed by atoms with van der Waals surface area (Å²) < 4.78 is 23.6. The van der Waals surface area contributed by atoms with E-state index in [1.807, 2.05) is 27.2 Å². The van der Waals surface area contributed by atoms with Crippen LogP contribution < -0.4 is 5.32 Å². The number of carbonyl (C=O) groups is 1. The Hall–Kier alpha value is -2.58. The Bertz CT molecular complexity index is 1410. The van der Waals surface area contributed by atoms with Crippen LogP contribution in [-0.4, -0.2) is 73.4 Å². The van der Waals surface area contributed by atoms with Gasteiger partial charge in [-0.2, -0.15) is 0 Å². The smallest absolute Gasteiger partial charge is 0.387 e. The SMILES string of the molecule is CC/C=C\C/C=C\C/C=C\C/C=C\C/C=C\C/C=C\C/C=C\CCCCCCCCCCCCCCCC(=O)NC(COP(=O)(O)OCC[N+](C)(C)C)C(O)/C=C/CCCCCCCCCC. The number of rotatable bonds is 48. The fraction of sp³-hybridized carbons (Fsp3) is 0.707. The molecule has 0 aromatic carbocycles. The second-order valence-electron chi connectivity index (χ2n) is 19.2. The molecule has 0 rings (SSSR count). The molecule has 0 radical (unpaired) electrons. The molecule has 0 saturated heterocycles. The third-order valence-electron chi connectivity index (χ3n) is 11.6. The fourth-order valence-corrected chi connectivity index (χ4v) is 8.05. The van der Waals surface area contributed by atoms with E-state index in [4.69, 9.17) is 9.05 Å². The van der Waals surface area contributed by atoms with E-state index in [2.05, 4.69) is 104 Å². The average Bonchev–Trinajstić information content (AvgIpc) is 3.29. The number of hydrogen-bond acceptors (Lipinski definition) is 5. The lowest BCUT2D eigenvalue weighted by Gasteiger charge is -2.25. The van der Waals surface area contributed by atoms with Crippen molar-refractivity contribution in [2.75, 3.05) is 40.9 Å². The number of allylic oxidation sites excluding steroid dienone is 15. The molecule has 0 aliphatic carbocycles. The van der Waals surface area contributed by atoms with Gasteiger partial charge in [-0.25, -0.2) is 4.57 Å². The van der Waals surface area contributed by atoms with E-state index in [1.54, 1.807) is 6.08 Å². The van der Waals surface area contributed by atoms with Crippen LogP contribution in [0.15, 0.2) is 97.2 Å². The van der Waals surface area contributed by atoms with Crippen LogP contribution in [0.4, 0.5) is 0 Å². The molecule has 0 spiro atoms. The van der Waals surface area contributed by atoms with E-state index in [0.29, 0.717) is 17.4 Å². The van der Waals surface area contributed by atoms with Crippen molar-refractivity contribution >= 4 is 13.7 Å². The van der Waals surface area contributed by atoms with Crippen molar-refractivity contribution in [2.24, 2.45) is 0 Å². The second-order valence-corrected chi connectivity index (χ2v) is 20.7. The number of phosphoric ester groups is 1. The minimum absolute atomic E-state index is 0.0577. The number of quaternary nitrogens is 1. The van der Waals surface area contributed by atoms with Crippen LogP contribution in [0.1, 0.15) is 213 Å². The topological polar surface area (TPSA) is 105 Å². The Morgan fingerprint density at radius 3 is 1.31 bits per heavy atom. The first-order valence-corrected chi connectivity index (χ1v) is 28.6. The lowest BCUT2D eigenvalue weighted by molar-refractivity contribution is -0.870. The van der Waals surface area contributed by atoms with Crippen molar-refractivity contribution in [1.29, 1.82) is 0 Å². The molecule has 3 unspecified atom stereocenters. The van der Waals surface area contributed by atoms with E-state index in [1.165, 1.54) is 109 Å². The zero-order valence-corrected chi connectivity index (χ0v) is 44.8. The Morgan fingerprint density at radius 1 is 0.522 bits per heavy atom. The van der Waals surface area contributed by atoms with Crippen LogP contribution in [0.5, 0.6) is 0 Å². The highest BCUT2D eigenvalue weighted by atomic mass is 31.2. The highest BCUT2D eigenvalue weighted by molar-refractivity contribution is 7.47. The van der Waals surface area contributed by atoms with Gasteiger partial charge in [-0.05, 0) is 77.0 Å². The van der Waals surface area contributed by atoms with E-state index in [0.717, 1.165) is 83.5 Å². The molecule has 0 fully saturated rings. The van der Waals surface area contributed by atoms with Crippen molar-refractivity contribution in [2.45, 2.75) is 225 Å². The predicted molar refractivity (Wildman–Crippen MR) is 290 cm³/mol. The van der Waals surface area contributed by atoms with Crippen molar-refractivity contribution in [3.63, 3.8) is 0 Å². The number of aliphatic hydroxyl groups is 1. The number of unbranched alkanes of at least 4 members (excludes halogenated alkanes) is 21. The van der Waals surface area contributed by atoms with Gasteiger partial charge < -0.3 is 19.8 Å². The van der Waals surface area contributed by atoms with Gasteiger partial charge in [-0.1, -0.05) is 227 Å². The minimum atomic E-state index is -4.34. The lowest BCUT2D eigenvalue weighted by atomic mass is 10.0. The molecule has 386 valence electrons. The summed E-state index contributed by atoms with van der Waals surface area (Å²) in [5, 5.41) is 13.8. The van der Waals surface area contributed by atoms with E-state index in [-0.39, 0.29) is 19.1 Å². The van der Waals surface area contributed by atoms with Gasteiger partial charge in [0.15, 0.2) is 0 Å². The van der Waals surface area contributed by atoms with Crippen LogP contribution in [0.3, 0.4) is 0 Å². The Balaban J connectivity index is 4.04. The summed E-state index contributed by atoms with van der Waals surface area (Å²) in [6.07, 6.45) is 69.4. The fourth-order valence-electron chi connectivity index (χ4n) is 7.32. The van der Waals surface area contributed by atoms with Crippen LogP contribution >= 0.6 is 7.82 Å². The monoisotopic (exact) mass is 956 g/mol. The maximum Gasteiger partial charge on any atom is 0.472 e. The molecule has 3 N–H and O–H groups in total. The van der Waals surface area contributed by atoms with E-state index < -0.39 is 20.0 Å². The molecule has 0 aromatic rings. The van der Waals surface area contributed by atoms with Crippen LogP contribution in [0.2, 0.25) is 0 Å².